The van der Waals surface area contributed by atoms with Crippen molar-refractivity contribution >= 4 is 39.0 Å². The lowest BCUT2D eigenvalue weighted by atomic mass is 9.96. The summed E-state index contributed by atoms with van der Waals surface area (Å²) in [5.74, 6) is 1.04. The summed E-state index contributed by atoms with van der Waals surface area (Å²) in [6.45, 7) is 1.28. The third kappa shape index (κ3) is 5.44. The van der Waals surface area contributed by atoms with Gasteiger partial charge in [-0.1, -0.05) is 40.2 Å². The molecule has 31 heavy (non-hydrogen) atoms. The Bertz CT molecular complexity index is 1030. The van der Waals surface area contributed by atoms with Gasteiger partial charge in [0.05, 0.1) is 11.0 Å². The molecule has 1 aliphatic heterocycles. The molecule has 2 heterocycles. The molecule has 1 aromatic heterocycles. The number of hydrogen-bond acceptors (Lipinski definition) is 3. The van der Waals surface area contributed by atoms with Crippen LogP contribution in [0.1, 0.15) is 36.6 Å². The molecule has 0 spiro atoms. The van der Waals surface area contributed by atoms with Gasteiger partial charge in [-0.05, 0) is 49.1 Å². The molecule has 3 N–H and O–H groups in total. The van der Waals surface area contributed by atoms with Gasteiger partial charge in [0.2, 0.25) is 5.91 Å². The highest BCUT2D eigenvalue weighted by atomic mass is 79.9. The largest absolute Gasteiger partial charge is 0.465 e. The van der Waals surface area contributed by atoms with Crippen LogP contribution in [0.25, 0.3) is 11.0 Å². The summed E-state index contributed by atoms with van der Waals surface area (Å²) in [4.78, 5) is 34.3. The molecule has 0 bridgehead atoms. The van der Waals surface area contributed by atoms with Crippen LogP contribution < -0.4 is 5.32 Å². The number of carbonyl (C=O) groups is 2. The summed E-state index contributed by atoms with van der Waals surface area (Å²) >= 11 is 3.40. The van der Waals surface area contributed by atoms with E-state index in [9.17, 15) is 14.7 Å². The first-order valence-corrected chi connectivity index (χ1v) is 11.2. The van der Waals surface area contributed by atoms with Crippen molar-refractivity contribution in [2.45, 2.75) is 37.6 Å². The van der Waals surface area contributed by atoms with E-state index in [2.05, 4.69) is 26.2 Å². The number of aromatic amines is 1. The second-order valence-electron chi connectivity index (χ2n) is 8.00. The minimum absolute atomic E-state index is 0.0309. The van der Waals surface area contributed by atoms with Gasteiger partial charge < -0.3 is 20.3 Å². The van der Waals surface area contributed by atoms with Crippen LogP contribution in [0.15, 0.2) is 53.0 Å². The van der Waals surface area contributed by atoms with Crippen molar-refractivity contribution in [1.29, 1.82) is 0 Å². The van der Waals surface area contributed by atoms with Crippen LogP contribution in [-0.4, -0.2) is 51.1 Å². The second kappa shape index (κ2) is 9.51. The average Bonchev–Trinajstić information content (AvgIpc) is 3.19. The molecule has 0 saturated carbocycles. The number of fused-ring (bicyclic) bond motifs is 1. The van der Waals surface area contributed by atoms with E-state index in [0.717, 1.165) is 39.7 Å². The number of carbonyl (C=O) groups excluding carboxylic acids is 1. The molecule has 4 rings (SSSR count). The number of benzene rings is 2. The molecule has 1 aliphatic rings. The number of para-hydroxylation sites is 2. The monoisotopic (exact) mass is 484 g/mol. The Balaban J connectivity index is 1.42. The van der Waals surface area contributed by atoms with Gasteiger partial charge in [0.1, 0.15) is 5.82 Å². The van der Waals surface area contributed by atoms with Gasteiger partial charge in [0, 0.05) is 35.9 Å². The zero-order valence-electron chi connectivity index (χ0n) is 17.1. The molecule has 1 saturated heterocycles. The topological polar surface area (TPSA) is 98.3 Å². The first-order chi connectivity index (χ1) is 15.0. The van der Waals surface area contributed by atoms with Gasteiger partial charge in [-0.3, -0.25) is 4.79 Å². The minimum atomic E-state index is -1.12. The Labute approximate surface area is 189 Å². The van der Waals surface area contributed by atoms with Crippen LogP contribution in [0.3, 0.4) is 0 Å². The van der Waals surface area contributed by atoms with Gasteiger partial charge in [0.15, 0.2) is 0 Å². The van der Waals surface area contributed by atoms with E-state index in [0.29, 0.717) is 19.5 Å². The molecule has 162 valence electrons. The van der Waals surface area contributed by atoms with E-state index in [4.69, 9.17) is 4.98 Å². The van der Waals surface area contributed by atoms with Gasteiger partial charge in [-0.15, -0.1) is 0 Å². The number of nitrogens with zero attached hydrogens (tertiary/aromatic N) is 2. The maximum Gasteiger partial charge on any atom is 0.404 e. The summed E-state index contributed by atoms with van der Waals surface area (Å²) in [6, 6.07) is 15.1. The van der Waals surface area contributed by atoms with Crippen LogP contribution in [0.5, 0.6) is 0 Å². The summed E-state index contributed by atoms with van der Waals surface area (Å²) < 4.78 is 0.958. The molecule has 2 amide bonds. The van der Waals surface area contributed by atoms with Crippen molar-refractivity contribution in [2.24, 2.45) is 0 Å². The predicted molar refractivity (Wildman–Crippen MR) is 122 cm³/mol. The first kappa shape index (κ1) is 21.4. The van der Waals surface area contributed by atoms with E-state index >= 15 is 0 Å². The van der Waals surface area contributed by atoms with Crippen molar-refractivity contribution in [2.75, 3.05) is 13.1 Å². The third-order valence-electron chi connectivity index (χ3n) is 5.71. The number of carboxylic acid groups (broad SMARTS) is 1. The van der Waals surface area contributed by atoms with E-state index in [1.165, 1.54) is 0 Å². The Hall–Kier alpha value is -2.87. The zero-order chi connectivity index (χ0) is 21.8. The quantitative estimate of drug-likeness (QED) is 0.485. The van der Waals surface area contributed by atoms with Crippen LogP contribution in [-0.2, 0) is 11.2 Å². The molecular formula is C23H25BrN4O3. The first-order valence-electron chi connectivity index (χ1n) is 10.4. The number of hydrogen-bond donors (Lipinski definition) is 3. The van der Waals surface area contributed by atoms with E-state index in [1.54, 1.807) is 0 Å². The molecule has 3 aromatic rings. The van der Waals surface area contributed by atoms with Gasteiger partial charge in [-0.25, -0.2) is 9.78 Å². The number of rotatable bonds is 6. The smallest absolute Gasteiger partial charge is 0.404 e. The highest BCUT2D eigenvalue weighted by Crippen LogP contribution is 2.27. The summed E-state index contributed by atoms with van der Waals surface area (Å²) in [6.07, 6.45) is 1.35. The molecule has 2 aromatic carbocycles. The van der Waals surface area contributed by atoms with E-state index in [-0.39, 0.29) is 18.2 Å². The Morgan fingerprint density at radius 1 is 1.23 bits per heavy atom. The number of likely N-dealkylation sites (tertiary alicyclic amines) is 1. The number of nitrogens with one attached hydrogen (secondary N) is 2. The highest BCUT2D eigenvalue weighted by Gasteiger charge is 2.28. The molecule has 7 nitrogen and oxygen atoms in total. The molecule has 1 fully saturated rings. The van der Waals surface area contributed by atoms with Crippen molar-refractivity contribution < 1.29 is 14.7 Å². The highest BCUT2D eigenvalue weighted by molar-refractivity contribution is 9.10. The zero-order valence-corrected chi connectivity index (χ0v) is 18.6. The number of H-pyrrole nitrogens is 1. The fourth-order valence-corrected chi connectivity index (χ4v) is 4.45. The average molecular weight is 485 g/mol. The normalized spacial score (nSPS) is 17.5. The Morgan fingerprint density at radius 2 is 2.00 bits per heavy atom. The maximum absolute atomic E-state index is 13.0. The molecule has 0 aliphatic carbocycles. The van der Waals surface area contributed by atoms with Crippen LogP contribution in [0.4, 0.5) is 4.79 Å². The van der Waals surface area contributed by atoms with Crippen LogP contribution in [0, 0.1) is 0 Å². The van der Waals surface area contributed by atoms with Crippen LogP contribution >= 0.6 is 15.9 Å². The molecule has 8 heteroatoms. The number of halogens is 1. The lowest BCUT2D eigenvalue weighted by Crippen LogP contribution is -2.44. The van der Waals surface area contributed by atoms with Crippen molar-refractivity contribution in [3.8, 4) is 0 Å². The maximum atomic E-state index is 13.0. The number of imidazole rings is 1. The molecule has 0 radical (unpaired) electrons. The van der Waals surface area contributed by atoms with Crippen molar-refractivity contribution in [3.63, 3.8) is 0 Å². The fourth-order valence-electron chi connectivity index (χ4n) is 4.19. The van der Waals surface area contributed by atoms with Crippen molar-refractivity contribution in [3.05, 3.63) is 64.4 Å². The second-order valence-corrected chi connectivity index (χ2v) is 8.91. The Kier molecular flexibility index (Phi) is 6.56. The molecular weight excluding hydrogens is 460 g/mol. The predicted octanol–water partition coefficient (Wildman–Crippen LogP) is 4.30. The number of piperidine rings is 1. The number of amides is 2. The summed E-state index contributed by atoms with van der Waals surface area (Å²) in [7, 11) is 0. The van der Waals surface area contributed by atoms with Gasteiger partial charge in [-0.2, -0.15) is 0 Å². The lowest BCUT2D eigenvalue weighted by Gasteiger charge is -2.33. The molecule has 0 unspecified atom stereocenters. The third-order valence-corrected chi connectivity index (χ3v) is 6.24. The lowest BCUT2D eigenvalue weighted by molar-refractivity contribution is -0.132. The summed E-state index contributed by atoms with van der Waals surface area (Å²) in [5, 5.41) is 11.7. The van der Waals surface area contributed by atoms with Crippen molar-refractivity contribution in [1.82, 2.24) is 20.2 Å². The van der Waals surface area contributed by atoms with Gasteiger partial charge in [0.25, 0.3) is 0 Å². The molecule has 2 atom stereocenters. The van der Waals surface area contributed by atoms with Gasteiger partial charge >= 0.3 is 6.09 Å². The Morgan fingerprint density at radius 3 is 2.74 bits per heavy atom. The minimum Gasteiger partial charge on any atom is -0.465 e. The number of aromatic nitrogens is 2. The van der Waals surface area contributed by atoms with E-state index < -0.39 is 12.1 Å². The van der Waals surface area contributed by atoms with Crippen LogP contribution in [0.2, 0.25) is 0 Å². The standard InChI is InChI=1S/C23H25BrN4O3/c24-17-9-7-15(8-10-17)12-18(25-23(30)31)13-21(29)28-11-3-4-16(14-28)22-26-19-5-1-2-6-20(19)27-22/h1-2,5-10,16,18,25H,3-4,11-14H2,(H,26,27)(H,30,31)/t16-,18-/m1/s1. The van der Waals surface area contributed by atoms with E-state index in [1.807, 2.05) is 53.4 Å². The summed E-state index contributed by atoms with van der Waals surface area (Å²) in [5.41, 5.74) is 2.91. The SMILES string of the molecule is O=C(O)N[C@@H](CC(=O)N1CCC[C@@H](c2nc3ccccc3[nH]2)C1)Cc1ccc(Br)cc1. The fraction of sp³-hybridized carbons (Fsp3) is 0.348.